The Morgan fingerprint density at radius 1 is 1.33 bits per heavy atom. The number of nitrogens with zero attached hydrogens (tertiary/aromatic N) is 1. The third-order valence-electron chi connectivity index (χ3n) is 5.28. The molecule has 24 heavy (non-hydrogen) atoms. The molecule has 134 valence electrons. The van der Waals surface area contributed by atoms with Crippen molar-refractivity contribution in [2.45, 2.75) is 58.1 Å². The zero-order chi connectivity index (χ0) is 17.4. The molecule has 1 atom stereocenters. The SMILES string of the molecule is CC(C)(C)OC(=O)N1CCC2(CCCNC2C2=CC(=O)OC2)CC1. The number of rotatable bonds is 1. The van der Waals surface area contributed by atoms with Gasteiger partial charge in [-0.05, 0) is 64.0 Å². The Balaban J connectivity index is 1.67. The topological polar surface area (TPSA) is 67.9 Å². The van der Waals surface area contributed by atoms with E-state index in [1.165, 1.54) is 0 Å². The lowest BCUT2D eigenvalue weighted by Crippen LogP contribution is -2.56. The monoisotopic (exact) mass is 336 g/mol. The van der Waals surface area contributed by atoms with Gasteiger partial charge >= 0.3 is 12.1 Å². The molecule has 1 unspecified atom stereocenters. The number of carbonyl (C=O) groups is 2. The van der Waals surface area contributed by atoms with Gasteiger partial charge in [-0.3, -0.25) is 0 Å². The lowest BCUT2D eigenvalue weighted by atomic mass is 9.65. The third-order valence-corrected chi connectivity index (χ3v) is 5.28. The number of amides is 1. The van der Waals surface area contributed by atoms with Crippen molar-refractivity contribution < 1.29 is 19.1 Å². The van der Waals surface area contributed by atoms with Crippen LogP contribution in [0.1, 0.15) is 46.5 Å². The zero-order valence-corrected chi connectivity index (χ0v) is 14.9. The zero-order valence-electron chi connectivity index (χ0n) is 14.9. The first-order valence-electron chi connectivity index (χ1n) is 8.88. The van der Waals surface area contributed by atoms with Crippen molar-refractivity contribution in [1.29, 1.82) is 0 Å². The summed E-state index contributed by atoms with van der Waals surface area (Å²) < 4.78 is 10.6. The standard InChI is InChI=1S/C18H28N2O4/c1-17(2,3)24-16(22)20-9-6-18(7-10-20)5-4-8-19-15(18)13-11-14(21)23-12-13/h11,15,19H,4-10,12H2,1-3H3. The predicted molar refractivity (Wildman–Crippen MR) is 89.5 cm³/mol. The van der Waals surface area contributed by atoms with Gasteiger partial charge in [0.1, 0.15) is 12.2 Å². The summed E-state index contributed by atoms with van der Waals surface area (Å²) in [7, 11) is 0. The molecule has 3 aliphatic rings. The van der Waals surface area contributed by atoms with Crippen LogP contribution in [-0.2, 0) is 14.3 Å². The molecule has 6 heteroatoms. The van der Waals surface area contributed by atoms with E-state index >= 15 is 0 Å². The largest absolute Gasteiger partial charge is 0.458 e. The van der Waals surface area contributed by atoms with Crippen molar-refractivity contribution in [1.82, 2.24) is 10.2 Å². The Morgan fingerprint density at radius 3 is 2.62 bits per heavy atom. The van der Waals surface area contributed by atoms with Crippen LogP contribution in [-0.4, -0.2) is 54.8 Å². The van der Waals surface area contributed by atoms with Gasteiger partial charge in [0, 0.05) is 25.2 Å². The highest BCUT2D eigenvalue weighted by Gasteiger charge is 2.46. The van der Waals surface area contributed by atoms with E-state index in [0.29, 0.717) is 19.7 Å². The van der Waals surface area contributed by atoms with Crippen molar-refractivity contribution in [3.63, 3.8) is 0 Å². The van der Waals surface area contributed by atoms with E-state index < -0.39 is 5.60 Å². The quantitative estimate of drug-likeness (QED) is 0.744. The van der Waals surface area contributed by atoms with Crippen LogP contribution in [0.25, 0.3) is 0 Å². The molecule has 3 rings (SSSR count). The van der Waals surface area contributed by atoms with E-state index in [1.54, 1.807) is 6.08 Å². The molecule has 2 fully saturated rings. The van der Waals surface area contributed by atoms with E-state index in [9.17, 15) is 9.59 Å². The summed E-state index contributed by atoms with van der Waals surface area (Å²) in [6, 6.07) is 0.179. The minimum atomic E-state index is -0.465. The van der Waals surface area contributed by atoms with E-state index in [0.717, 1.165) is 37.8 Å². The molecule has 1 spiro atoms. The number of nitrogens with one attached hydrogen (secondary N) is 1. The van der Waals surface area contributed by atoms with Crippen LogP contribution in [0.15, 0.2) is 11.6 Å². The Kier molecular flexibility index (Phi) is 4.60. The van der Waals surface area contributed by atoms with Crippen molar-refractivity contribution in [2.24, 2.45) is 5.41 Å². The van der Waals surface area contributed by atoms with Crippen LogP contribution in [0.5, 0.6) is 0 Å². The molecule has 3 aliphatic heterocycles. The van der Waals surface area contributed by atoms with Gasteiger partial charge in [0.15, 0.2) is 0 Å². The van der Waals surface area contributed by atoms with Gasteiger partial charge in [-0.1, -0.05) is 0 Å². The second-order valence-corrected chi connectivity index (χ2v) is 8.15. The average molecular weight is 336 g/mol. The van der Waals surface area contributed by atoms with Crippen molar-refractivity contribution in [2.75, 3.05) is 26.2 Å². The fourth-order valence-electron chi connectivity index (χ4n) is 4.13. The molecular formula is C18H28N2O4. The highest BCUT2D eigenvalue weighted by atomic mass is 16.6. The van der Waals surface area contributed by atoms with Gasteiger partial charge in [0.2, 0.25) is 0 Å². The summed E-state index contributed by atoms with van der Waals surface area (Å²) >= 11 is 0. The van der Waals surface area contributed by atoms with Gasteiger partial charge in [-0.15, -0.1) is 0 Å². The Morgan fingerprint density at radius 2 is 2.04 bits per heavy atom. The predicted octanol–water partition coefficient (Wildman–Crippen LogP) is 2.24. The summed E-state index contributed by atoms with van der Waals surface area (Å²) in [4.78, 5) is 25.5. The van der Waals surface area contributed by atoms with Gasteiger partial charge < -0.3 is 19.7 Å². The Bertz CT molecular complexity index is 542. The number of esters is 1. The first kappa shape index (κ1) is 17.3. The molecule has 0 radical (unpaired) electrons. The van der Waals surface area contributed by atoms with Crippen LogP contribution in [0, 0.1) is 5.41 Å². The summed E-state index contributed by atoms with van der Waals surface area (Å²) in [5, 5.41) is 3.59. The fourth-order valence-corrected chi connectivity index (χ4v) is 4.13. The van der Waals surface area contributed by atoms with E-state index in [-0.39, 0.29) is 23.5 Å². The van der Waals surface area contributed by atoms with Crippen LogP contribution < -0.4 is 5.32 Å². The Labute approximate surface area is 143 Å². The first-order chi connectivity index (χ1) is 11.3. The second kappa shape index (κ2) is 6.39. The second-order valence-electron chi connectivity index (χ2n) is 8.15. The lowest BCUT2D eigenvalue weighted by Gasteiger charge is -2.49. The molecule has 1 amide bonds. The molecule has 1 N–H and O–H groups in total. The maximum atomic E-state index is 12.3. The number of cyclic esters (lactones) is 1. The maximum Gasteiger partial charge on any atom is 0.410 e. The van der Waals surface area contributed by atoms with Gasteiger partial charge in [-0.25, -0.2) is 9.59 Å². The molecule has 0 aromatic carbocycles. The number of carbonyl (C=O) groups excluding carboxylic acids is 2. The molecule has 3 heterocycles. The minimum Gasteiger partial charge on any atom is -0.458 e. The molecule has 0 aliphatic carbocycles. The van der Waals surface area contributed by atoms with E-state index in [4.69, 9.17) is 9.47 Å². The number of piperidine rings is 2. The number of likely N-dealkylation sites (tertiary alicyclic amines) is 1. The summed E-state index contributed by atoms with van der Waals surface area (Å²) in [5.41, 5.74) is 0.704. The molecule has 2 saturated heterocycles. The van der Waals surface area contributed by atoms with Crippen molar-refractivity contribution >= 4 is 12.1 Å². The van der Waals surface area contributed by atoms with Gasteiger partial charge in [0.25, 0.3) is 0 Å². The van der Waals surface area contributed by atoms with Crippen LogP contribution in [0.3, 0.4) is 0 Å². The highest BCUT2D eigenvalue weighted by Crippen LogP contribution is 2.44. The smallest absolute Gasteiger partial charge is 0.410 e. The van der Waals surface area contributed by atoms with E-state index in [2.05, 4.69) is 5.32 Å². The average Bonchev–Trinajstić information content (AvgIpc) is 2.93. The highest BCUT2D eigenvalue weighted by molar-refractivity contribution is 5.85. The first-order valence-corrected chi connectivity index (χ1v) is 8.88. The molecule has 0 bridgehead atoms. The van der Waals surface area contributed by atoms with Crippen molar-refractivity contribution in [3.8, 4) is 0 Å². The van der Waals surface area contributed by atoms with Crippen LogP contribution in [0.4, 0.5) is 4.79 Å². The summed E-state index contributed by atoms with van der Waals surface area (Å²) in [6.45, 7) is 8.44. The number of hydrogen-bond acceptors (Lipinski definition) is 5. The van der Waals surface area contributed by atoms with Gasteiger partial charge in [0.05, 0.1) is 0 Å². The van der Waals surface area contributed by atoms with Gasteiger partial charge in [-0.2, -0.15) is 0 Å². The maximum absolute atomic E-state index is 12.3. The molecule has 6 nitrogen and oxygen atoms in total. The molecule has 0 aromatic heterocycles. The third kappa shape index (κ3) is 3.58. The summed E-state index contributed by atoms with van der Waals surface area (Å²) in [5.74, 6) is -0.237. The number of hydrogen-bond donors (Lipinski definition) is 1. The van der Waals surface area contributed by atoms with Crippen LogP contribution in [0.2, 0.25) is 0 Å². The van der Waals surface area contributed by atoms with Crippen LogP contribution >= 0.6 is 0 Å². The summed E-state index contributed by atoms with van der Waals surface area (Å²) in [6.07, 6.45) is 5.52. The molecule has 0 saturated carbocycles. The lowest BCUT2D eigenvalue weighted by molar-refractivity contribution is -0.135. The van der Waals surface area contributed by atoms with Crippen molar-refractivity contribution in [3.05, 3.63) is 11.6 Å². The normalized spacial score (nSPS) is 27.0. The Hall–Kier alpha value is -1.56. The van der Waals surface area contributed by atoms with E-state index in [1.807, 2.05) is 25.7 Å². The fraction of sp³-hybridized carbons (Fsp3) is 0.778. The number of ether oxygens (including phenoxy) is 2. The molecular weight excluding hydrogens is 308 g/mol. The molecule has 0 aromatic rings. The minimum absolute atomic E-state index is 0.108.